The van der Waals surface area contributed by atoms with Crippen LogP contribution in [0.25, 0.3) is 11.3 Å². The zero-order valence-corrected chi connectivity index (χ0v) is 13.1. The topological polar surface area (TPSA) is 71.5 Å². The van der Waals surface area contributed by atoms with Gasteiger partial charge in [0.2, 0.25) is 0 Å². The van der Waals surface area contributed by atoms with Crippen molar-refractivity contribution in [1.82, 2.24) is 4.98 Å². The van der Waals surface area contributed by atoms with Gasteiger partial charge in [-0.1, -0.05) is 6.07 Å². The van der Waals surface area contributed by atoms with E-state index in [9.17, 15) is 9.90 Å². The van der Waals surface area contributed by atoms with Crippen LogP contribution in [0.4, 0.5) is 10.8 Å². The number of carbonyl (C=O) groups is 1. The Bertz CT molecular complexity index is 828. The van der Waals surface area contributed by atoms with Crippen LogP contribution in [-0.2, 0) is 4.79 Å². The van der Waals surface area contributed by atoms with Crippen molar-refractivity contribution in [2.75, 3.05) is 5.32 Å². The van der Waals surface area contributed by atoms with E-state index in [2.05, 4.69) is 10.3 Å². The molecule has 1 aromatic heterocycles. The molecule has 2 aromatic carbocycles. The summed E-state index contributed by atoms with van der Waals surface area (Å²) in [5, 5.41) is 15.3. The van der Waals surface area contributed by atoms with Crippen molar-refractivity contribution in [3.05, 3.63) is 53.9 Å². The molecule has 3 rings (SSSR count). The number of ether oxygens (including phenoxy) is 1. The summed E-state index contributed by atoms with van der Waals surface area (Å²) in [5.74, 6) is 0.367. The van der Waals surface area contributed by atoms with Gasteiger partial charge in [-0.15, -0.1) is 11.3 Å². The average molecular weight is 326 g/mol. The smallest absolute Gasteiger partial charge is 0.308 e. The van der Waals surface area contributed by atoms with Gasteiger partial charge in [-0.25, -0.2) is 4.98 Å². The molecule has 0 saturated carbocycles. The number of esters is 1. The molecule has 0 aliphatic carbocycles. The first-order chi connectivity index (χ1) is 11.1. The summed E-state index contributed by atoms with van der Waals surface area (Å²) in [5.41, 5.74) is 2.53. The number of carbonyl (C=O) groups excluding carboxylic acids is 1. The van der Waals surface area contributed by atoms with Gasteiger partial charge in [0.05, 0.1) is 5.69 Å². The largest absolute Gasteiger partial charge is 0.508 e. The second-order valence-corrected chi connectivity index (χ2v) is 5.69. The van der Waals surface area contributed by atoms with Gasteiger partial charge in [-0.3, -0.25) is 4.79 Å². The number of nitrogens with one attached hydrogen (secondary N) is 1. The number of hydrogen-bond acceptors (Lipinski definition) is 6. The molecule has 0 radical (unpaired) electrons. The van der Waals surface area contributed by atoms with Crippen LogP contribution in [0.15, 0.2) is 53.9 Å². The van der Waals surface area contributed by atoms with Crippen molar-refractivity contribution in [1.29, 1.82) is 0 Å². The maximum absolute atomic E-state index is 10.9. The Morgan fingerprint density at radius 1 is 1.22 bits per heavy atom. The Labute approximate surface area is 137 Å². The summed E-state index contributed by atoms with van der Waals surface area (Å²) in [6, 6.07) is 14.0. The minimum Gasteiger partial charge on any atom is -0.508 e. The van der Waals surface area contributed by atoms with Gasteiger partial charge in [0, 0.05) is 29.6 Å². The van der Waals surface area contributed by atoms with Crippen LogP contribution in [0.5, 0.6) is 11.5 Å². The van der Waals surface area contributed by atoms with Crippen LogP contribution in [0, 0.1) is 0 Å². The third-order valence-corrected chi connectivity index (χ3v) is 3.77. The Balaban J connectivity index is 1.75. The lowest BCUT2D eigenvalue weighted by Crippen LogP contribution is -2.00. The zero-order chi connectivity index (χ0) is 16.2. The molecule has 23 heavy (non-hydrogen) atoms. The van der Waals surface area contributed by atoms with Crippen LogP contribution in [0.2, 0.25) is 0 Å². The van der Waals surface area contributed by atoms with Crippen molar-refractivity contribution >= 4 is 28.1 Å². The number of phenols is 1. The molecule has 0 fully saturated rings. The lowest BCUT2D eigenvalue weighted by Gasteiger charge is -2.03. The van der Waals surface area contributed by atoms with E-state index >= 15 is 0 Å². The first kappa shape index (κ1) is 15.1. The number of benzene rings is 2. The fourth-order valence-corrected chi connectivity index (χ4v) is 2.77. The molecule has 0 atom stereocenters. The summed E-state index contributed by atoms with van der Waals surface area (Å²) >= 11 is 1.47. The molecule has 0 amide bonds. The van der Waals surface area contributed by atoms with E-state index < -0.39 is 0 Å². The van der Waals surface area contributed by atoms with Crippen LogP contribution >= 0.6 is 11.3 Å². The van der Waals surface area contributed by atoms with E-state index in [1.807, 2.05) is 23.6 Å². The number of aromatic hydroxyl groups is 1. The third-order valence-electron chi connectivity index (χ3n) is 3.01. The van der Waals surface area contributed by atoms with E-state index in [4.69, 9.17) is 4.74 Å². The lowest BCUT2D eigenvalue weighted by atomic mass is 10.2. The number of aromatic nitrogens is 1. The Hall–Kier alpha value is -2.86. The van der Waals surface area contributed by atoms with Crippen molar-refractivity contribution in [3.8, 4) is 22.8 Å². The standard InChI is InChI=1S/C17H14N2O3S/c1-11(20)22-15-7-5-12(6-8-15)16-10-23-17(19-16)18-13-3-2-4-14(21)9-13/h2-10,21H,1H3,(H,18,19). The summed E-state index contributed by atoms with van der Waals surface area (Å²) < 4.78 is 5.01. The third kappa shape index (κ3) is 3.87. The highest BCUT2D eigenvalue weighted by molar-refractivity contribution is 7.14. The van der Waals surface area contributed by atoms with Gasteiger partial charge in [0.1, 0.15) is 11.5 Å². The van der Waals surface area contributed by atoms with Gasteiger partial charge >= 0.3 is 5.97 Å². The highest BCUT2D eigenvalue weighted by atomic mass is 32.1. The summed E-state index contributed by atoms with van der Waals surface area (Å²) in [6.45, 7) is 1.37. The molecule has 0 spiro atoms. The monoisotopic (exact) mass is 326 g/mol. The maximum atomic E-state index is 10.9. The Kier molecular flexibility index (Phi) is 4.25. The molecule has 5 nitrogen and oxygen atoms in total. The number of rotatable bonds is 4. The Morgan fingerprint density at radius 3 is 2.70 bits per heavy atom. The average Bonchev–Trinajstić information content (AvgIpc) is 2.96. The molecule has 2 N–H and O–H groups in total. The van der Waals surface area contributed by atoms with Crippen LogP contribution in [0.3, 0.4) is 0 Å². The zero-order valence-electron chi connectivity index (χ0n) is 12.3. The minimum absolute atomic E-state index is 0.202. The SMILES string of the molecule is CC(=O)Oc1ccc(-c2csc(Nc3cccc(O)c3)n2)cc1. The van der Waals surface area contributed by atoms with E-state index in [1.165, 1.54) is 18.3 Å². The lowest BCUT2D eigenvalue weighted by molar-refractivity contribution is -0.131. The van der Waals surface area contributed by atoms with Crippen molar-refractivity contribution in [2.24, 2.45) is 0 Å². The van der Waals surface area contributed by atoms with E-state index in [-0.39, 0.29) is 11.7 Å². The normalized spacial score (nSPS) is 10.3. The van der Waals surface area contributed by atoms with Crippen LogP contribution in [0.1, 0.15) is 6.92 Å². The second-order valence-electron chi connectivity index (χ2n) is 4.83. The molecule has 1 heterocycles. The second kappa shape index (κ2) is 6.50. The van der Waals surface area contributed by atoms with Crippen LogP contribution in [-0.4, -0.2) is 16.1 Å². The molecule has 0 aliphatic heterocycles. The fraction of sp³-hybridized carbons (Fsp3) is 0.0588. The molecule has 116 valence electrons. The number of phenolic OH excluding ortho intramolecular Hbond substituents is 1. The molecular formula is C17H14N2O3S. The predicted molar refractivity (Wildman–Crippen MR) is 90.2 cm³/mol. The fourth-order valence-electron chi connectivity index (χ4n) is 2.03. The Morgan fingerprint density at radius 2 is 2.00 bits per heavy atom. The van der Waals surface area contributed by atoms with Crippen molar-refractivity contribution in [3.63, 3.8) is 0 Å². The van der Waals surface area contributed by atoms with Gasteiger partial charge in [-0.05, 0) is 36.4 Å². The van der Waals surface area contributed by atoms with E-state index in [0.717, 1.165) is 22.1 Å². The highest BCUT2D eigenvalue weighted by Gasteiger charge is 2.06. The number of anilines is 2. The number of hydrogen-bond donors (Lipinski definition) is 2. The van der Waals surface area contributed by atoms with Gasteiger partial charge in [0.25, 0.3) is 0 Å². The quantitative estimate of drug-likeness (QED) is 0.556. The predicted octanol–water partition coefficient (Wildman–Crippen LogP) is 4.18. The molecule has 6 heteroatoms. The maximum Gasteiger partial charge on any atom is 0.308 e. The molecule has 0 unspecified atom stereocenters. The van der Waals surface area contributed by atoms with E-state index in [0.29, 0.717) is 5.75 Å². The number of thiazole rings is 1. The minimum atomic E-state index is -0.344. The van der Waals surface area contributed by atoms with Crippen molar-refractivity contribution in [2.45, 2.75) is 6.92 Å². The van der Waals surface area contributed by atoms with Crippen molar-refractivity contribution < 1.29 is 14.6 Å². The summed E-state index contributed by atoms with van der Waals surface area (Å²) in [7, 11) is 0. The van der Waals surface area contributed by atoms with Gasteiger partial charge in [-0.2, -0.15) is 0 Å². The molecule has 0 saturated heterocycles. The highest BCUT2D eigenvalue weighted by Crippen LogP contribution is 2.29. The van der Waals surface area contributed by atoms with E-state index in [1.54, 1.807) is 30.3 Å². The summed E-state index contributed by atoms with van der Waals surface area (Å²) in [6.07, 6.45) is 0. The summed E-state index contributed by atoms with van der Waals surface area (Å²) in [4.78, 5) is 15.4. The first-order valence-corrected chi connectivity index (χ1v) is 7.78. The molecular weight excluding hydrogens is 312 g/mol. The number of nitrogens with zero attached hydrogens (tertiary/aromatic N) is 1. The first-order valence-electron chi connectivity index (χ1n) is 6.90. The molecule has 0 bridgehead atoms. The molecule has 0 aliphatic rings. The van der Waals surface area contributed by atoms with Gasteiger partial charge in [0.15, 0.2) is 5.13 Å². The van der Waals surface area contributed by atoms with Crippen LogP contribution < -0.4 is 10.1 Å². The van der Waals surface area contributed by atoms with Gasteiger partial charge < -0.3 is 15.2 Å². The molecule has 3 aromatic rings.